The molecule has 2 aromatic rings. The molecule has 3 unspecified atom stereocenters. The quantitative estimate of drug-likeness (QED) is 0.453. The molecule has 3 N–H and O–H groups in total. The first kappa shape index (κ1) is 27.8. The smallest absolute Gasteiger partial charge is 0.410 e. The van der Waals surface area contributed by atoms with E-state index < -0.39 is 23.6 Å². The van der Waals surface area contributed by atoms with Crippen LogP contribution in [0.25, 0.3) is 0 Å². The lowest BCUT2D eigenvalue weighted by Crippen LogP contribution is -2.58. The van der Waals surface area contributed by atoms with E-state index in [2.05, 4.69) is 16.6 Å². The first-order chi connectivity index (χ1) is 17.7. The summed E-state index contributed by atoms with van der Waals surface area (Å²) in [6.45, 7) is 5.69. The van der Waals surface area contributed by atoms with Crippen molar-refractivity contribution in [3.8, 4) is 18.1 Å². The fourth-order valence-corrected chi connectivity index (χ4v) is 4.50. The Morgan fingerprint density at radius 2 is 1.81 bits per heavy atom. The molecule has 8 heteroatoms. The number of terminal acetylenes is 1. The van der Waals surface area contributed by atoms with E-state index in [1.165, 1.54) is 4.90 Å². The van der Waals surface area contributed by atoms with Gasteiger partial charge in [-0.1, -0.05) is 50.1 Å². The maximum absolute atomic E-state index is 13.8. The fourth-order valence-electron chi connectivity index (χ4n) is 4.50. The summed E-state index contributed by atoms with van der Waals surface area (Å²) in [4.78, 5) is 41.2. The van der Waals surface area contributed by atoms with Gasteiger partial charge in [0.25, 0.3) is 0 Å². The predicted octanol–water partition coefficient (Wildman–Crippen LogP) is 3.40. The highest BCUT2D eigenvalue weighted by atomic mass is 16.6. The van der Waals surface area contributed by atoms with Gasteiger partial charge in [0.2, 0.25) is 11.8 Å². The van der Waals surface area contributed by atoms with Crippen molar-refractivity contribution in [2.45, 2.75) is 58.2 Å². The van der Waals surface area contributed by atoms with Crippen LogP contribution in [0.3, 0.4) is 0 Å². The molecule has 1 saturated heterocycles. The highest BCUT2D eigenvalue weighted by Crippen LogP contribution is 2.30. The first-order valence-electron chi connectivity index (χ1n) is 12.5. The van der Waals surface area contributed by atoms with E-state index in [1.807, 2.05) is 31.2 Å². The van der Waals surface area contributed by atoms with Crippen LogP contribution in [0.2, 0.25) is 0 Å². The maximum atomic E-state index is 13.8. The number of nitrogens with zero attached hydrogens (tertiary/aromatic N) is 1. The van der Waals surface area contributed by atoms with Crippen LogP contribution in [0.4, 0.5) is 4.79 Å². The summed E-state index contributed by atoms with van der Waals surface area (Å²) >= 11 is 0. The Hall–Kier alpha value is -3.83. The second kappa shape index (κ2) is 12.4. The Morgan fingerprint density at radius 1 is 1.14 bits per heavy atom. The number of ether oxygens (including phenoxy) is 1. The summed E-state index contributed by atoms with van der Waals surface area (Å²) < 4.78 is 5.35. The van der Waals surface area contributed by atoms with E-state index in [1.54, 1.807) is 44.2 Å². The van der Waals surface area contributed by atoms with Gasteiger partial charge in [-0.2, -0.15) is 0 Å². The predicted molar refractivity (Wildman–Crippen MR) is 141 cm³/mol. The van der Waals surface area contributed by atoms with Crippen molar-refractivity contribution in [1.82, 2.24) is 15.5 Å². The molecule has 196 valence electrons. The van der Waals surface area contributed by atoms with Crippen LogP contribution in [-0.2, 0) is 9.59 Å². The van der Waals surface area contributed by atoms with E-state index in [-0.39, 0.29) is 30.9 Å². The zero-order valence-electron chi connectivity index (χ0n) is 21.6. The minimum Gasteiger partial charge on any atom is -0.410 e. The van der Waals surface area contributed by atoms with Crippen LogP contribution in [0.15, 0.2) is 54.6 Å². The highest BCUT2D eigenvalue weighted by Gasteiger charge is 2.43. The third kappa shape index (κ3) is 7.11. The molecule has 37 heavy (non-hydrogen) atoms. The van der Waals surface area contributed by atoms with E-state index in [0.29, 0.717) is 25.1 Å². The average molecular weight is 506 g/mol. The molecule has 1 aliphatic rings. The molecule has 1 aliphatic heterocycles. The Balaban J connectivity index is 1.74. The second-order valence-electron chi connectivity index (χ2n) is 9.93. The number of para-hydroxylation sites is 1. The molecule has 1 heterocycles. The van der Waals surface area contributed by atoms with E-state index in [0.717, 1.165) is 11.1 Å². The van der Waals surface area contributed by atoms with Crippen molar-refractivity contribution < 1.29 is 24.2 Å². The van der Waals surface area contributed by atoms with Crippen molar-refractivity contribution in [3.63, 3.8) is 0 Å². The van der Waals surface area contributed by atoms with Gasteiger partial charge in [-0.3, -0.25) is 9.59 Å². The number of nitrogens with one attached hydrogen (secondary N) is 2. The van der Waals surface area contributed by atoms with Crippen LogP contribution in [-0.4, -0.2) is 53.1 Å². The average Bonchev–Trinajstić information content (AvgIpc) is 3.38. The largest absolute Gasteiger partial charge is 0.413 e. The number of amides is 3. The van der Waals surface area contributed by atoms with Gasteiger partial charge < -0.3 is 25.4 Å². The number of hydrogen-bond acceptors (Lipinski definition) is 5. The van der Waals surface area contributed by atoms with Crippen LogP contribution < -0.4 is 15.4 Å². The van der Waals surface area contributed by atoms with Crippen molar-refractivity contribution in [1.29, 1.82) is 0 Å². The summed E-state index contributed by atoms with van der Waals surface area (Å²) in [6.07, 6.45) is 6.09. The van der Waals surface area contributed by atoms with Gasteiger partial charge >= 0.3 is 6.09 Å². The van der Waals surface area contributed by atoms with Crippen molar-refractivity contribution >= 4 is 17.9 Å². The van der Waals surface area contributed by atoms with Gasteiger partial charge in [-0.25, -0.2) is 4.79 Å². The van der Waals surface area contributed by atoms with E-state index in [4.69, 9.17) is 11.2 Å². The number of carbonyl (C=O) groups excluding carboxylic acids is 3. The molecule has 8 nitrogen and oxygen atoms in total. The normalized spacial score (nSPS) is 16.8. The second-order valence-corrected chi connectivity index (χ2v) is 9.93. The summed E-state index contributed by atoms with van der Waals surface area (Å²) in [5.74, 6) is 2.27. The zero-order valence-corrected chi connectivity index (χ0v) is 21.6. The number of hydrogen-bond donors (Lipinski definition) is 3. The molecule has 0 saturated carbocycles. The molecule has 1 fully saturated rings. The molecule has 0 aromatic heterocycles. The van der Waals surface area contributed by atoms with Crippen molar-refractivity contribution in [2.24, 2.45) is 5.41 Å². The van der Waals surface area contributed by atoms with Gasteiger partial charge in [-0.15, -0.1) is 6.42 Å². The number of likely N-dealkylation sites (tertiary alicyclic amines) is 1. The lowest BCUT2D eigenvalue weighted by Gasteiger charge is -2.37. The lowest BCUT2D eigenvalue weighted by atomic mass is 9.80. The summed E-state index contributed by atoms with van der Waals surface area (Å²) in [5, 5.41) is 15.3. The Morgan fingerprint density at radius 3 is 2.43 bits per heavy atom. The topological polar surface area (TPSA) is 108 Å². The van der Waals surface area contributed by atoms with E-state index >= 15 is 0 Å². The maximum Gasteiger partial charge on any atom is 0.413 e. The monoisotopic (exact) mass is 505 g/mol. The molecular weight excluding hydrogens is 470 g/mol. The highest BCUT2D eigenvalue weighted by molar-refractivity contribution is 5.92. The zero-order chi connectivity index (χ0) is 27.0. The number of aliphatic hydroxyl groups is 1. The number of benzene rings is 2. The van der Waals surface area contributed by atoms with E-state index in [9.17, 15) is 19.5 Å². The van der Waals surface area contributed by atoms with Gasteiger partial charge in [-0.05, 0) is 61.4 Å². The SMILES string of the molecule is C#Cc1ccc(C(C)NC(=O)C2CCCN2C(=O)C(NC(=O)Oc2ccccc2)C(C)(C)CCO)cc1. The third-order valence-corrected chi connectivity index (χ3v) is 6.78. The van der Waals surface area contributed by atoms with Crippen LogP contribution in [0.5, 0.6) is 5.75 Å². The summed E-state index contributed by atoms with van der Waals surface area (Å²) in [7, 11) is 0. The van der Waals surface area contributed by atoms with Crippen LogP contribution >= 0.6 is 0 Å². The molecule has 0 radical (unpaired) electrons. The van der Waals surface area contributed by atoms with Gasteiger partial charge in [0.15, 0.2) is 0 Å². The fraction of sp³-hybridized carbons (Fsp3) is 0.414. The van der Waals surface area contributed by atoms with Crippen LogP contribution in [0.1, 0.15) is 57.2 Å². The molecular formula is C29H35N3O5. The summed E-state index contributed by atoms with van der Waals surface area (Å²) in [5.41, 5.74) is 0.859. The molecule has 3 amide bonds. The molecule has 0 spiro atoms. The molecule has 0 bridgehead atoms. The van der Waals surface area contributed by atoms with Crippen LogP contribution in [0, 0.1) is 17.8 Å². The standard InChI is InChI=1S/C29H35N3O5/c1-5-21-13-15-22(16-14-21)20(2)30-26(34)24-12-9-18-32(24)27(35)25(29(3,4)17-19-33)31-28(36)37-23-10-7-6-8-11-23/h1,6-8,10-11,13-16,20,24-25,33H,9,12,17-19H2,2-4H3,(H,30,34)(H,31,36). The first-order valence-corrected chi connectivity index (χ1v) is 12.5. The Bertz CT molecular complexity index is 1120. The van der Waals surface area contributed by atoms with Crippen molar-refractivity contribution in [2.75, 3.05) is 13.2 Å². The van der Waals surface area contributed by atoms with Crippen molar-refractivity contribution in [3.05, 3.63) is 65.7 Å². The Kier molecular flexibility index (Phi) is 9.31. The number of carbonyl (C=O) groups is 3. The number of rotatable bonds is 9. The molecule has 3 rings (SSSR count). The van der Waals surface area contributed by atoms with Gasteiger partial charge in [0, 0.05) is 18.7 Å². The minimum atomic E-state index is -1.00. The summed E-state index contributed by atoms with van der Waals surface area (Å²) in [6, 6.07) is 14.0. The molecule has 3 atom stereocenters. The lowest BCUT2D eigenvalue weighted by molar-refractivity contribution is -0.142. The molecule has 2 aromatic carbocycles. The van der Waals surface area contributed by atoms with Gasteiger partial charge in [0.1, 0.15) is 17.8 Å². The minimum absolute atomic E-state index is 0.161. The molecule has 0 aliphatic carbocycles. The Labute approximate surface area is 218 Å². The van der Waals surface area contributed by atoms with Gasteiger partial charge in [0.05, 0.1) is 6.04 Å². The number of aliphatic hydroxyl groups excluding tert-OH is 1. The third-order valence-electron chi connectivity index (χ3n) is 6.78.